The molecule has 8 nitrogen and oxygen atoms in total. The standard InChI is InChI=1S/C14H14IN5.C7H9ClIN3.2CH4/c1-2-7-17-13-12(15)9-18-14(20-13)19-11-5-3-10(8-16)4-6-11;1-2-3-10-6-5(9)4-11-7(8)12-6;;/h3-6,9H,2,7H2,1H3,(H2,17,18,19,20);4H,2-3H2,1H3,(H,10,11,12);2*1H4. The van der Waals surface area contributed by atoms with Gasteiger partial charge in [-0.2, -0.15) is 15.2 Å². The van der Waals surface area contributed by atoms with E-state index in [0.29, 0.717) is 11.5 Å². The Morgan fingerprint density at radius 1 is 0.882 bits per heavy atom. The lowest BCUT2D eigenvalue weighted by Crippen LogP contribution is -2.06. The van der Waals surface area contributed by atoms with E-state index in [2.05, 4.69) is 101 Å². The van der Waals surface area contributed by atoms with Gasteiger partial charge in [0.25, 0.3) is 0 Å². The van der Waals surface area contributed by atoms with Gasteiger partial charge in [-0.25, -0.2) is 9.97 Å². The number of aromatic nitrogens is 4. The Bertz CT molecular complexity index is 1040. The first-order chi connectivity index (χ1) is 15.5. The molecule has 11 heteroatoms. The average Bonchev–Trinajstić information content (AvgIpc) is 2.81. The summed E-state index contributed by atoms with van der Waals surface area (Å²) in [4.78, 5) is 16.6. The lowest BCUT2D eigenvalue weighted by Gasteiger charge is -2.09. The fourth-order valence-electron chi connectivity index (χ4n) is 2.26. The number of hydrogen-bond donors (Lipinski definition) is 3. The fourth-order valence-corrected chi connectivity index (χ4v) is 3.30. The summed E-state index contributed by atoms with van der Waals surface area (Å²) in [6.07, 6.45) is 5.58. The highest BCUT2D eigenvalue weighted by Crippen LogP contribution is 2.19. The van der Waals surface area contributed by atoms with Crippen LogP contribution in [0.3, 0.4) is 0 Å². The monoisotopic (exact) mass is 708 g/mol. The minimum Gasteiger partial charge on any atom is -0.369 e. The second-order valence-corrected chi connectivity index (χ2v) is 9.06. The molecule has 3 aromatic rings. The van der Waals surface area contributed by atoms with Crippen LogP contribution in [0.2, 0.25) is 5.28 Å². The SMILES string of the molecule is C.C.CCCNc1nc(Cl)ncc1I.CCCNc1nc(Nc2ccc(C#N)cc2)ncc1I. The molecule has 0 bridgehead atoms. The molecular weight excluding hydrogens is 678 g/mol. The molecule has 0 aliphatic rings. The summed E-state index contributed by atoms with van der Waals surface area (Å²) < 4.78 is 1.98. The maximum atomic E-state index is 8.76. The number of hydrogen-bond acceptors (Lipinski definition) is 8. The first-order valence-electron chi connectivity index (χ1n) is 9.92. The third kappa shape index (κ3) is 11.0. The van der Waals surface area contributed by atoms with Gasteiger partial charge < -0.3 is 16.0 Å². The van der Waals surface area contributed by atoms with Crippen molar-refractivity contribution in [2.75, 3.05) is 29.0 Å². The van der Waals surface area contributed by atoms with Crippen LogP contribution in [-0.4, -0.2) is 33.0 Å². The van der Waals surface area contributed by atoms with Crippen molar-refractivity contribution in [2.24, 2.45) is 0 Å². The Kier molecular flexibility index (Phi) is 16.4. The Morgan fingerprint density at radius 2 is 1.41 bits per heavy atom. The highest BCUT2D eigenvalue weighted by molar-refractivity contribution is 14.1. The van der Waals surface area contributed by atoms with E-state index >= 15 is 0 Å². The van der Waals surface area contributed by atoms with E-state index in [1.807, 2.05) is 12.1 Å². The maximum absolute atomic E-state index is 8.76. The Balaban J connectivity index is 0.000000675. The largest absolute Gasteiger partial charge is 0.369 e. The molecule has 0 aliphatic heterocycles. The number of nitrogens with one attached hydrogen (secondary N) is 3. The van der Waals surface area contributed by atoms with Gasteiger partial charge in [0.2, 0.25) is 11.2 Å². The van der Waals surface area contributed by atoms with Gasteiger partial charge in [-0.3, -0.25) is 0 Å². The first-order valence-corrected chi connectivity index (χ1v) is 12.5. The lowest BCUT2D eigenvalue weighted by atomic mass is 10.2. The molecule has 0 saturated heterocycles. The van der Waals surface area contributed by atoms with E-state index in [1.165, 1.54) is 0 Å². The zero-order valence-corrected chi connectivity index (χ0v) is 22.7. The molecule has 0 spiro atoms. The second-order valence-electron chi connectivity index (χ2n) is 6.39. The summed E-state index contributed by atoms with van der Waals surface area (Å²) in [7, 11) is 0. The maximum Gasteiger partial charge on any atom is 0.229 e. The molecule has 0 fully saturated rings. The van der Waals surface area contributed by atoms with Gasteiger partial charge in [0, 0.05) is 31.2 Å². The molecule has 0 unspecified atom stereocenters. The molecule has 1 aromatic carbocycles. The van der Waals surface area contributed by atoms with Crippen LogP contribution in [0.5, 0.6) is 0 Å². The van der Waals surface area contributed by atoms with Crippen LogP contribution >= 0.6 is 56.8 Å². The van der Waals surface area contributed by atoms with Crippen molar-refractivity contribution >= 4 is 80.1 Å². The highest BCUT2D eigenvalue weighted by Gasteiger charge is 2.05. The van der Waals surface area contributed by atoms with Crippen LogP contribution in [-0.2, 0) is 0 Å². The minimum atomic E-state index is 0. The van der Waals surface area contributed by atoms with Crippen LogP contribution in [0.4, 0.5) is 23.3 Å². The highest BCUT2D eigenvalue weighted by atomic mass is 127. The smallest absolute Gasteiger partial charge is 0.229 e. The number of rotatable bonds is 8. The summed E-state index contributed by atoms with van der Waals surface area (Å²) in [6, 6.07) is 9.26. The molecule has 0 atom stereocenters. The van der Waals surface area contributed by atoms with E-state index in [4.69, 9.17) is 16.9 Å². The molecule has 0 saturated carbocycles. The third-order valence-corrected chi connectivity index (χ3v) is 5.57. The topological polar surface area (TPSA) is 111 Å². The summed E-state index contributed by atoms with van der Waals surface area (Å²) in [5.41, 5.74) is 1.48. The zero-order valence-electron chi connectivity index (χ0n) is 17.7. The van der Waals surface area contributed by atoms with Crippen molar-refractivity contribution in [1.29, 1.82) is 5.26 Å². The quantitative estimate of drug-likeness (QED) is 0.165. The zero-order chi connectivity index (χ0) is 23.3. The van der Waals surface area contributed by atoms with E-state index < -0.39 is 0 Å². The number of nitrogens with zero attached hydrogens (tertiary/aromatic N) is 5. The summed E-state index contributed by atoms with van der Waals surface area (Å²) in [6.45, 7) is 5.99. The molecule has 0 amide bonds. The van der Waals surface area contributed by atoms with Crippen LogP contribution in [0.1, 0.15) is 47.1 Å². The lowest BCUT2D eigenvalue weighted by molar-refractivity contribution is 0.962. The molecular formula is C23H31ClI2N8. The van der Waals surface area contributed by atoms with Gasteiger partial charge in [-0.15, -0.1) is 0 Å². The van der Waals surface area contributed by atoms with Crippen LogP contribution in [0.25, 0.3) is 0 Å². The molecule has 184 valence electrons. The van der Waals surface area contributed by atoms with Crippen LogP contribution in [0.15, 0.2) is 36.7 Å². The molecule has 3 rings (SSSR count). The molecule has 0 aliphatic carbocycles. The van der Waals surface area contributed by atoms with Crippen molar-refractivity contribution in [3.05, 3.63) is 54.6 Å². The minimum absolute atomic E-state index is 0. The van der Waals surface area contributed by atoms with Gasteiger partial charge in [0.1, 0.15) is 11.6 Å². The van der Waals surface area contributed by atoms with Gasteiger partial charge in [-0.05, 0) is 93.9 Å². The normalized spacial score (nSPS) is 9.29. The van der Waals surface area contributed by atoms with Crippen molar-refractivity contribution in [2.45, 2.75) is 41.5 Å². The Hall–Kier alpha value is -1.98. The second kappa shape index (κ2) is 17.5. The fraction of sp³-hybridized carbons (Fsp3) is 0.348. The van der Waals surface area contributed by atoms with Crippen LogP contribution < -0.4 is 16.0 Å². The summed E-state index contributed by atoms with van der Waals surface area (Å²) in [5, 5.41) is 18.6. The predicted octanol–water partition coefficient (Wildman–Crippen LogP) is 7.35. The van der Waals surface area contributed by atoms with Crippen molar-refractivity contribution < 1.29 is 0 Å². The summed E-state index contributed by atoms with van der Waals surface area (Å²) >= 11 is 10.0. The Labute approximate surface area is 235 Å². The number of halogens is 3. The Morgan fingerprint density at radius 3 is 1.94 bits per heavy atom. The van der Waals surface area contributed by atoms with Crippen molar-refractivity contribution in [3.8, 4) is 6.07 Å². The summed E-state index contributed by atoms with van der Waals surface area (Å²) in [5.74, 6) is 2.18. The molecule has 3 N–H and O–H groups in total. The van der Waals surface area contributed by atoms with Crippen LogP contribution in [0, 0.1) is 18.5 Å². The van der Waals surface area contributed by atoms with Gasteiger partial charge in [0.05, 0.1) is 18.8 Å². The molecule has 0 radical (unpaired) electrons. The van der Waals surface area contributed by atoms with Crippen molar-refractivity contribution in [3.63, 3.8) is 0 Å². The van der Waals surface area contributed by atoms with E-state index in [-0.39, 0.29) is 20.1 Å². The number of nitriles is 1. The molecule has 2 heterocycles. The third-order valence-electron chi connectivity index (χ3n) is 3.81. The number of anilines is 4. The molecule has 2 aromatic heterocycles. The predicted molar refractivity (Wildman–Crippen MR) is 160 cm³/mol. The molecule has 34 heavy (non-hydrogen) atoms. The van der Waals surface area contributed by atoms with Crippen molar-refractivity contribution in [1.82, 2.24) is 19.9 Å². The van der Waals surface area contributed by atoms with E-state index in [9.17, 15) is 0 Å². The van der Waals surface area contributed by atoms with E-state index in [0.717, 1.165) is 50.4 Å². The van der Waals surface area contributed by atoms with Gasteiger partial charge in [0.15, 0.2) is 0 Å². The average molecular weight is 709 g/mol. The first kappa shape index (κ1) is 32.0. The van der Waals surface area contributed by atoms with E-state index in [1.54, 1.807) is 24.5 Å². The van der Waals surface area contributed by atoms with Gasteiger partial charge in [-0.1, -0.05) is 28.7 Å². The van der Waals surface area contributed by atoms with Gasteiger partial charge >= 0.3 is 0 Å². The number of benzene rings is 1.